The molecule has 0 bridgehead atoms. The van der Waals surface area contributed by atoms with Crippen molar-refractivity contribution >= 4 is 33.4 Å². The number of carbonyl (C=O) groups is 1. The molecule has 1 N–H and O–H groups in total. The number of hydrogen-bond acceptors (Lipinski definition) is 4. The van der Waals surface area contributed by atoms with Crippen LogP contribution in [0.5, 0.6) is 0 Å². The third-order valence-corrected chi connectivity index (χ3v) is 7.71. The lowest BCUT2D eigenvalue weighted by molar-refractivity contribution is 0.0956. The highest BCUT2D eigenvalue weighted by atomic mass is 32.2. The summed E-state index contributed by atoms with van der Waals surface area (Å²) in [6, 6.07) is 10.5. The van der Waals surface area contributed by atoms with Gasteiger partial charge in [0.05, 0.1) is 10.6 Å². The van der Waals surface area contributed by atoms with Gasteiger partial charge in [-0.3, -0.25) is 9.10 Å². The van der Waals surface area contributed by atoms with E-state index in [0.717, 1.165) is 16.9 Å². The van der Waals surface area contributed by atoms with E-state index in [1.807, 2.05) is 13.0 Å². The Balaban J connectivity index is 1.94. The first-order valence-electron chi connectivity index (χ1n) is 9.17. The van der Waals surface area contributed by atoms with Gasteiger partial charge in [-0.1, -0.05) is 39.0 Å². The molecule has 2 aromatic rings. The van der Waals surface area contributed by atoms with Crippen molar-refractivity contribution in [3.05, 3.63) is 47.5 Å². The number of hydrogen-bond donors (Lipinski definition) is 1. The molecule has 2 aromatic carbocycles. The van der Waals surface area contributed by atoms with E-state index in [-0.39, 0.29) is 15.5 Å². The van der Waals surface area contributed by atoms with Gasteiger partial charge in [-0.25, -0.2) is 8.42 Å². The van der Waals surface area contributed by atoms with E-state index in [1.165, 1.54) is 4.31 Å². The minimum Gasteiger partial charge on any atom is -0.351 e. The highest BCUT2D eigenvalue weighted by molar-refractivity contribution is 8.00. The van der Waals surface area contributed by atoms with Crippen LogP contribution < -0.4 is 9.62 Å². The molecule has 150 valence electrons. The molecule has 0 unspecified atom stereocenters. The Kier molecular flexibility index (Phi) is 5.51. The molecule has 0 radical (unpaired) electrons. The average molecular weight is 419 g/mol. The van der Waals surface area contributed by atoms with Crippen LogP contribution in [0.3, 0.4) is 0 Å². The van der Waals surface area contributed by atoms with E-state index in [1.54, 1.807) is 49.1 Å². The molecule has 28 heavy (non-hydrogen) atoms. The molecule has 5 nitrogen and oxygen atoms in total. The predicted octanol–water partition coefficient (Wildman–Crippen LogP) is 4.06. The minimum atomic E-state index is -3.59. The number of anilines is 1. The van der Waals surface area contributed by atoms with E-state index < -0.39 is 10.0 Å². The monoisotopic (exact) mass is 418 g/mol. The van der Waals surface area contributed by atoms with Gasteiger partial charge in [-0.05, 0) is 30.7 Å². The molecule has 1 aliphatic heterocycles. The summed E-state index contributed by atoms with van der Waals surface area (Å²) in [5, 5.41) is 2.97. The van der Waals surface area contributed by atoms with E-state index in [0.29, 0.717) is 23.4 Å². The fourth-order valence-electron chi connectivity index (χ4n) is 3.34. The summed E-state index contributed by atoms with van der Waals surface area (Å²) in [5.41, 5.74) is 3.32. The van der Waals surface area contributed by atoms with Gasteiger partial charge in [0.2, 0.25) is 0 Å². The van der Waals surface area contributed by atoms with Gasteiger partial charge in [0.15, 0.2) is 0 Å². The van der Waals surface area contributed by atoms with Gasteiger partial charge in [0.25, 0.3) is 15.9 Å². The summed E-state index contributed by atoms with van der Waals surface area (Å²) in [5.74, 6) is 0.692. The zero-order valence-corrected chi connectivity index (χ0v) is 18.5. The van der Waals surface area contributed by atoms with Crippen LogP contribution in [-0.2, 0) is 10.0 Å². The van der Waals surface area contributed by atoms with Gasteiger partial charge in [0.1, 0.15) is 0 Å². The maximum atomic E-state index is 12.8. The van der Waals surface area contributed by atoms with Crippen molar-refractivity contribution in [3.8, 4) is 11.1 Å². The largest absolute Gasteiger partial charge is 0.351 e. The van der Waals surface area contributed by atoms with Crippen molar-refractivity contribution in [2.24, 2.45) is 0 Å². The number of nitrogens with zero attached hydrogens (tertiary/aromatic N) is 1. The minimum absolute atomic E-state index is 0.144. The lowest BCUT2D eigenvalue weighted by Crippen LogP contribution is -2.32. The first-order valence-corrected chi connectivity index (χ1v) is 11.6. The summed E-state index contributed by atoms with van der Waals surface area (Å²) < 4.78 is 27.1. The van der Waals surface area contributed by atoms with Crippen LogP contribution in [0.4, 0.5) is 5.69 Å². The number of fused-ring (bicyclic) bond motifs is 3. The third-order valence-electron chi connectivity index (χ3n) is 4.62. The smallest absolute Gasteiger partial charge is 0.264 e. The van der Waals surface area contributed by atoms with Gasteiger partial charge < -0.3 is 5.32 Å². The summed E-state index contributed by atoms with van der Waals surface area (Å²) in [6.07, 6.45) is 0. The highest BCUT2D eigenvalue weighted by Gasteiger charge is 2.33. The quantitative estimate of drug-likeness (QED) is 0.761. The summed E-state index contributed by atoms with van der Waals surface area (Å²) in [6.45, 7) is 8.86. The number of aryl methyl sites for hydroxylation is 1. The van der Waals surface area contributed by atoms with Gasteiger partial charge >= 0.3 is 0 Å². The standard InChI is InChI=1S/C21H26N2O3S2/c1-14-12-15(20(24)22-10-11-27-21(2,3)4)13-17-16-8-6-7-9-18(16)28(25,26)23(5)19(14)17/h6-9,12-13H,10-11H2,1-5H3,(H,22,24). The molecule has 0 saturated carbocycles. The van der Waals surface area contributed by atoms with E-state index in [4.69, 9.17) is 0 Å². The number of benzene rings is 2. The van der Waals surface area contributed by atoms with Gasteiger partial charge in [-0.2, -0.15) is 11.8 Å². The molecule has 1 amide bonds. The topological polar surface area (TPSA) is 66.5 Å². The summed E-state index contributed by atoms with van der Waals surface area (Å²) in [4.78, 5) is 12.9. The van der Waals surface area contributed by atoms with Crippen LogP contribution in [0, 0.1) is 6.92 Å². The average Bonchev–Trinajstić information content (AvgIpc) is 2.62. The van der Waals surface area contributed by atoms with Crippen LogP contribution in [0.25, 0.3) is 11.1 Å². The second-order valence-electron chi connectivity index (χ2n) is 7.87. The fourth-order valence-corrected chi connectivity index (χ4v) is 5.64. The molecule has 1 heterocycles. The van der Waals surface area contributed by atoms with Gasteiger partial charge in [0, 0.05) is 40.8 Å². The van der Waals surface area contributed by atoms with Crippen LogP contribution in [0.2, 0.25) is 0 Å². The Bertz CT molecular complexity index is 1020. The lowest BCUT2D eigenvalue weighted by atomic mass is 9.96. The predicted molar refractivity (Wildman–Crippen MR) is 117 cm³/mol. The maximum absolute atomic E-state index is 12.8. The first-order chi connectivity index (χ1) is 13.0. The SMILES string of the molecule is Cc1cc(C(=O)NCCSC(C)(C)C)cc2c1N(C)S(=O)(=O)c1ccccc1-2. The van der Waals surface area contributed by atoms with Crippen molar-refractivity contribution in [2.75, 3.05) is 23.7 Å². The maximum Gasteiger partial charge on any atom is 0.264 e. The number of sulfonamides is 1. The molecule has 3 rings (SSSR count). The number of nitrogens with one attached hydrogen (secondary N) is 1. The normalized spacial score (nSPS) is 15.0. The van der Waals surface area contributed by atoms with Crippen LogP contribution in [0.15, 0.2) is 41.3 Å². The molecule has 0 saturated heterocycles. The number of thioether (sulfide) groups is 1. The molecular formula is C21H26N2O3S2. The van der Waals surface area contributed by atoms with Crippen LogP contribution in [0.1, 0.15) is 36.7 Å². The molecule has 0 fully saturated rings. The molecular weight excluding hydrogens is 392 g/mol. The van der Waals surface area contributed by atoms with E-state index >= 15 is 0 Å². The summed E-state index contributed by atoms with van der Waals surface area (Å²) in [7, 11) is -2.04. The fraction of sp³-hybridized carbons (Fsp3) is 0.381. The zero-order valence-electron chi connectivity index (χ0n) is 16.9. The Morgan fingerprint density at radius 3 is 2.50 bits per heavy atom. The Morgan fingerprint density at radius 2 is 1.82 bits per heavy atom. The Hall–Kier alpha value is -1.99. The molecule has 0 atom stereocenters. The van der Waals surface area contributed by atoms with Crippen molar-refractivity contribution in [1.82, 2.24) is 5.32 Å². The Labute approximate surface area is 171 Å². The summed E-state index contributed by atoms with van der Waals surface area (Å²) >= 11 is 1.80. The number of carbonyl (C=O) groups excluding carboxylic acids is 1. The molecule has 0 aromatic heterocycles. The molecule has 1 aliphatic rings. The van der Waals surface area contributed by atoms with Gasteiger partial charge in [-0.15, -0.1) is 0 Å². The van der Waals surface area contributed by atoms with Crippen molar-refractivity contribution in [3.63, 3.8) is 0 Å². The van der Waals surface area contributed by atoms with E-state index in [2.05, 4.69) is 26.1 Å². The molecule has 0 aliphatic carbocycles. The van der Waals surface area contributed by atoms with Crippen molar-refractivity contribution < 1.29 is 13.2 Å². The van der Waals surface area contributed by atoms with Crippen molar-refractivity contribution in [1.29, 1.82) is 0 Å². The molecule has 0 spiro atoms. The molecule has 7 heteroatoms. The van der Waals surface area contributed by atoms with E-state index in [9.17, 15) is 13.2 Å². The zero-order chi connectivity index (χ0) is 20.7. The first kappa shape index (κ1) is 20.7. The second-order valence-corrected chi connectivity index (χ2v) is 11.7. The number of amides is 1. The Morgan fingerprint density at radius 1 is 1.14 bits per heavy atom. The van der Waals surface area contributed by atoms with Crippen LogP contribution in [-0.4, -0.2) is 38.4 Å². The highest BCUT2D eigenvalue weighted by Crippen LogP contribution is 2.44. The number of rotatable bonds is 4. The third kappa shape index (κ3) is 3.91. The lowest BCUT2D eigenvalue weighted by Gasteiger charge is -2.31. The second kappa shape index (κ2) is 7.44. The van der Waals surface area contributed by atoms with Crippen LogP contribution >= 0.6 is 11.8 Å². The van der Waals surface area contributed by atoms with Crippen molar-refractivity contribution in [2.45, 2.75) is 37.3 Å².